The van der Waals surface area contributed by atoms with Crippen molar-refractivity contribution in [3.8, 4) is 0 Å². The second kappa shape index (κ2) is 7.96. The lowest BCUT2D eigenvalue weighted by molar-refractivity contribution is 0.141. The standard InChI is InChI=1S/C16H16BrFN4O2/c1-10(2)9-22(16(23)24)21-14(15-19-6-3-7-20-15)12-5-4-11(17)8-13(12)18/h3-8,10H,9H2,1-2H3,(H,23,24). The molecule has 1 aromatic heterocycles. The minimum absolute atomic E-state index is 0.0533. The molecule has 0 saturated carbocycles. The van der Waals surface area contributed by atoms with Gasteiger partial charge in [-0.15, -0.1) is 0 Å². The zero-order valence-electron chi connectivity index (χ0n) is 13.1. The number of carbonyl (C=O) groups is 1. The minimum atomic E-state index is -1.23. The van der Waals surface area contributed by atoms with E-state index in [4.69, 9.17) is 0 Å². The Labute approximate surface area is 147 Å². The summed E-state index contributed by atoms with van der Waals surface area (Å²) < 4.78 is 14.9. The van der Waals surface area contributed by atoms with Crippen LogP contribution in [-0.4, -0.2) is 38.4 Å². The maximum Gasteiger partial charge on any atom is 0.427 e. The van der Waals surface area contributed by atoms with Gasteiger partial charge in [-0.2, -0.15) is 10.1 Å². The van der Waals surface area contributed by atoms with E-state index in [0.29, 0.717) is 4.47 Å². The third kappa shape index (κ3) is 4.58. The number of hydrogen-bond acceptors (Lipinski definition) is 4. The van der Waals surface area contributed by atoms with Crippen LogP contribution >= 0.6 is 15.9 Å². The number of aromatic nitrogens is 2. The molecule has 0 radical (unpaired) electrons. The van der Waals surface area contributed by atoms with Crippen molar-refractivity contribution in [1.82, 2.24) is 15.0 Å². The lowest BCUT2D eigenvalue weighted by atomic mass is 10.1. The SMILES string of the molecule is CC(C)CN(N=C(c1ncccn1)c1ccc(Br)cc1F)C(=O)O. The molecule has 0 bridgehead atoms. The third-order valence-electron chi connectivity index (χ3n) is 2.94. The highest BCUT2D eigenvalue weighted by atomic mass is 79.9. The molecule has 1 heterocycles. The second-order valence-electron chi connectivity index (χ2n) is 5.40. The molecule has 0 aliphatic heterocycles. The Morgan fingerprint density at radius 2 is 2.04 bits per heavy atom. The normalized spacial score (nSPS) is 11.6. The highest BCUT2D eigenvalue weighted by Gasteiger charge is 2.20. The van der Waals surface area contributed by atoms with Crippen molar-refractivity contribution in [3.05, 3.63) is 58.3 Å². The van der Waals surface area contributed by atoms with Crippen LogP contribution in [0.3, 0.4) is 0 Å². The van der Waals surface area contributed by atoms with Gasteiger partial charge in [0.1, 0.15) is 11.5 Å². The maximum atomic E-state index is 14.4. The van der Waals surface area contributed by atoms with Crippen molar-refractivity contribution in [1.29, 1.82) is 0 Å². The monoisotopic (exact) mass is 394 g/mol. The summed E-state index contributed by atoms with van der Waals surface area (Å²) in [6.45, 7) is 3.90. The lowest BCUT2D eigenvalue weighted by Crippen LogP contribution is -2.30. The van der Waals surface area contributed by atoms with Gasteiger partial charge in [-0.25, -0.2) is 19.2 Å². The molecular formula is C16H16BrFN4O2. The summed E-state index contributed by atoms with van der Waals surface area (Å²) in [7, 11) is 0. The predicted octanol–water partition coefficient (Wildman–Crippen LogP) is 3.77. The first-order chi connectivity index (χ1) is 11.4. The Kier molecular flexibility index (Phi) is 5.97. The van der Waals surface area contributed by atoms with E-state index in [9.17, 15) is 14.3 Å². The molecule has 1 aromatic carbocycles. The smallest absolute Gasteiger partial charge is 0.427 e. The molecule has 126 valence electrons. The molecule has 6 nitrogen and oxygen atoms in total. The Morgan fingerprint density at radius 3 is 2.58 bits per heavy atom. The van der Waals surface area contributed by atoms with Crippen LogP contribution < -0.4 is 0 Å². The summed E-state index contributed by atoms with van der Waals surface area (Å²) in [6.07, 6.45) is 1.75. The van der Waals surface area contributed by atoms with Gasteiger partial charge in [-0.3, -0.25) is 0 Å². The fourth-order valence-electron chi connectivity index (χ4n) is 1.95. The minimum Gasteiger partial charge on any atom is -0.464 e. The van der Waals surface area contributed by atoms with Gasteiger partial charge in [0, 0.05) is 22.4 Å². The summed E-state index contributed by atoms with van der Waals surface area (Å²) in [5.41, 5.74) is 0.183. The van der Waals surface area contributed by atoms with Crippen LogP contribution in [0.25, 0.3) is 0 Å². The number of carboxylic acid groups (broad SMARTS) is 1. The first-order valence-electron chi connectivity index (χ1n) is 7.20. The number of benzene rings is 1. The largest absolute Gasteiger partial charge is 0.464 e. The Balaban J connectivity index is 2.58. The van der Waals surface area contributed by atoms with E-state index in [2.05, 4.69) is 31.0 Å². The van der Waals surface area contributed by atoms with Crippen molar-refractivity contribution in [2.24, 2.45) is 11.0 Å². The Hall–Kier alpha value is -2.35. The van der Waals surface area contributed by atoms with Gasteiger partial charge >= 0.3 is 6.09 Å². The first kappa shape index (κ1) is 18.0. The topological polar surface area (TPSA) is 78.7 Å². The molecule has 0 fully saturated rings. The molecule has 24 heavy (non-hydrogen) atoms. The van der Waals surface area contributed by atoms with Crippen LogP contribution in [0.1, 0.15) is 25.2 Å². The molecule has 0 aliphatic carbocycles. The van der Waals surface area contributed by atoms with Crippen LogP contribution in [0.5, 0.6) is 0 Å². The predicted molar refractivity (Wildman–Crippen MR) is 91.3 cm³/mol. The van der Waals surface area contributed by atoms with Gasteiger partial charge in [0.15, 0.2) is 5.82 Å². The molecule has 0 atom stereocenters. The number of halogens is 2. The van der Waals surface area contributed by atoms with Crippen molar-refractivity contribution >= 4 is 27.7 Å². The van der Waals surface area contributed by atoms with Gasteiger partial charge < -0.3 is 5.11 Å². The number of hydrazone groups is 1. The van der Waals surface area contributed by atoms with E-state index < -0.39 is 11.9 Å². The van der Waals surface area contributed by atoms with Gasteiger partial charge in [-0.05, 0) is 30.2 Å². The fourth-order valence-corrected chi connectivity index (χ4v) is 2.28. The third-order valence-corrected chi connectivity index (χ3v) is 3.44. The molecule has 0 saturated heterocycles. The second-order valence-corrected chi connectivity index (χ2v) is 6.32. The van der Waals surface area contributed by atoms with Crippen molar-refractivity contribution in [2.45, 2.75) is 13.8 Å². The molecule has 0 unspecified atom stereocenters. The van der Waals surface area contributed by atoms with E-state index in [1.165, 1.54) is 24.5 Å². The lowest BCUT2D eigenvalue weighted by Gasteiger charge is -2.17. The summed E-state index contributed by atoms with van der Waals surface area (Å²) in [4.78, 5) is 19.6. The van der Waals surface area contributed by atoms with E-state index >= 15 is 0 Å². The highest BCUT2D eigenvalue weighted by molar-refractivity contribution is 9.10. The maximum absolute atomic E-state index is 14.4. The van der Waals surface area contributed by atoms with Crippen molar-refractivity contribution < 1.29 is 14.3 Å². The van der Waals surface area contributed by atoms with Gasteiger partial charge in [0.05, 0.1) is 6.54 Å². The van der Waals surface area contributed by atoms with E-state index in [-0.39, 0.29) is 29.6 Å². The van der Waals surface area contributed by atoms with Crippen LogP contribution in [0.15, 0.2) is 46.2 Å². The Bertz CT molecular complexity index is 753. The number of amides is 1. The molecule has 1 N–H and O–H groups in total. The van der Waals surface area contributed by atoms with Crippen molar-refractivity contribution in [2.75, 3.05) is 6.54 Å². The quantitative estimate of drug-likeness (QED) is 0.618. The average Bonchev–Trinajstić information content (AvgIpc) is 2.52. The molecular weight excluding hydrogens is 379 g/mol. The van der Waals surface area contributed by atoms with E-state index in [1.54, 1.807) is 12.1 Å². The number of rotatable bonds is 5. The summed E-state index contributed by atoms with van der Waals surface area (Å²) in [6, 6.07) is 6.04. The Morgan fingerprint density at radius 1 is 1.38 bits per heavy atom. The average molecular weight is 395 g/mol. The molecule has 8 heteroatoms. The molecule has 0 spiro atoms. The molecule has 2 rings (SSSR count). The van der Waals surface area contributed by atoms with Crippen LogP contribution in [0.2, 0.25) is 0 Å². The number of nitrogens with zero attached hydrogens (tertiary/aromatic N) is 4. The van der Waals surface area contributed by atoms with Crippen LogP contribution in [0, 0.1) is 11.7 Å². The highest BCUT2D eigenvalue weighted by Crippen LogP contribution is 2.18. The van der Waals surface area contributed by atoms with Gasteiger partial charge in [0.25, 0.3) is 0 Å². The summed E-state index contributed by atoms with van der Waals surface area (Å²) in [5, 5.41) is 14.3. The zero-order chi connectivity index (χ0) is 17.7. The first-order valence-corrected chi connectivity index (χ1v) is 7.99. The van der Waals surface area contributed by atoms with Gasteiger partial charge in [0.2, 0.25) is 0 Å². The molecule has 2 aromatic rings. The summed E-state index contributed by atoms with van der Waals surface area (Å²) >= 11 is 3.19. The van der Waals surface area contributed by atoms with Crippen molar-refractivity contribution in [3.63, 3.8) is 0 Å². The summed E-state index contributed by atoms with van der Waals surface area (Å²) in [5.74, 6) is -0.350. The van der Waals surface area contributed by atoms with E-state index in [0.717, 1.165) is 5.01 Å². The zero-order valence-corrected chi connectivity index (χ0v) is 14.7. The fraction of sp³-hybridized carbons (Fsp3) is 0.250. The molecule has 0 aliphatic rings. The van der Waals surface area contributed by atoms with Crippen LogP contribution in [-0.2, 0) is 0 Å². The number of hydrogen-bond donors (Lipinski definition) is 1. The van der Waals surface area contributed by atoms with E-state index in [1.807, 2.05) is 13.8 Å². The van der Waals surface area contributed by atoms with Gasteiger partial charge in [-0.1, -0.05) is 29.8 Å². The molecule has 1 amide bonds. The van der Waals surface area contributed by atoms with Crippen LogP contribution in [0.4, 0.5) is 9.18 Å².